The SMILES string of the molecule is CCN(Cc1ccncc1)C(=O)C1[C@H]2CN(C(=O)C3CCOCC3)C[C@H]12. The van der Waals surface area contributed by atoms with Gasteiger partial charge in [0.15, 0.2) is 0 Å². The van der Waals surface area contributed by atoms with Gasteiger partial charge in [-0.3, -0.25) is 14.6 Å². The molecule has 3 fully saturated rings. The quantitative estimate of drug-likeness (QED) is 0.802. The van der Waals surface area contributed by atoms with Crippen molar-refractivity contribution in [2.45, 2.75) is 26.3 Å². The molecular formula is C20H27N3O3. The maximum absolute atomic E-state index is 12.9. The highest BCUT2D eigenvalue weighted by Gasteiger charge is 2.61. The van der Waals surface area contributed by atoms with Crippen LogP contribution in [0.1, 0.15) is 25.3 Å². The van der Waals surface area contributed by atoms with E-state index < -0.39 is 0 Å². The largest absolute Gasteiger partial charge is 0.381 e. The van der Waals surface area contributed by atoms with Gasteiger partial charge in [0.2, 0.25) is 11.8 Å². The number of amides is 2. The van der Waals surface area contributed by atoms with E-state index in [-0.39, 0.29) is 23.7 Å². The van der Waals surface area contributed by atoms with Crippen LogP contribution >= 0.6 is 0 Å². The van der Waals surface area contributed by atoms with Crippen molar-refractivity contribution in [1.82, 2.24) is 14.8 Å². The average Bonchev–Trinajstić information content (AvgIpc) is 3.19. The lowest BCUT2D eigenvalue weighted by Crippen LogP contribution is -2.40. The molecule has 1 aliphatic carbocycles. The second kappa shape index (κ2) is 7.35. The third-order valence-corrected chi connectivity index (χ3v) is 6.18. The zero-order valence-electron chi connectivity index (χ0n) is 15.3. The molecule has 2 aliphatic heterocycles. The van der Waals surface area contributed by atoms with Gasteiger partial charge in [0, 0.05) is 63.6 Å². The van der Waals surface area contributed by atoms with Crippen molar-refractivity contribution in [3.8, 4) is 0 Å². The minimum Gasteiger partial charge on any atom is -0.381 e. The molecule has 26 heavy (non-hydrogen) atoms. The van der Waals surface area contributed by atoms with Crippen LogP contribution < -0.4 is 0 Å². The van der Waals surface area contributed by atoms with Gasteiger partial charge in [-0.25, -0.2) is 0 Å². The maximum atomic E-state index is 12.9. The van der Waals surface area contributed by atoms with Crippen molar-refractivity contribution in [1.29, 1.82) is 0 Å². The number of nitrogens with zero attached hydrogens (tertiary/aromatic N) is 3. The summed E-state index contributed by atoms with van der Waals surface area (Å²) < 4.78 is 5.35. The van der Waals surface area contributed by atoms with Gasteiger partial charge < -0.3 is 14.5 Å². The minimum absolute atomic E-state index is 0.107. The molecule has 140 valence electrons. The minimum atomic E-state index is 0.107. The number of carbonyl (C=O) groups excluding carboxylic acids is 2. The highest BCUT2D eigenvalue weighted by atomic mass is 16.5. The standard InChI is InChI=1S/C20H27N3O3/c1-2-22(11-14-3-7-21-8-4-14)20(25)18-16-12-23(13-17(16)18)19(24)15-5-9-26-10-6-15/h3-4,7-8,15-18H,2,5-6,9-13H2,1H3/t16-,17-/m0/s1. The van der Waals surface area contributed by atoms with Gasteiger partial charge in [-0.1, -0.05) is 0 Å². The van der Waals surface area contributed by atoms with E-state index in [0.29, 0.717) is 38.1 Å². The van der Waals surface area contributed by atoms with Gasteiger partial charge in [0.1, 0.15) is 0 Å². The number of carbonyl (C=O) groups is 2. The second-order valence-electron chi connectivity index (χ2n) is 7.69. The number of aromatic nitrogens is 1. The molecule has 1 saturated carbocycles. The molecule has 6 heteroatoms. The number of rotatable bonds is 5. The number of fused-ring (bicyclic) bond motifs is 1. The van der Waals surface area contributed by atoms with Crippen molar-refractivity contribution in [2.24, 2.45) is 23.7 Å². The summed E-state index contributed by atoms with van der Waals surface area (Å²) in [6.45, 7) is 6.27. The molecule has 2 atom stereocenters. The van der Waals surface area contributed by atoms with Crippen LogP contribution in [0.4, 0.5) is 0 Å². The highest BCUT2D eigenvalue weighted by molar-refractivity contribution is 5.84. The lowest BCUT2D eigenvalue weighted by atomic mass is 9.98. The molecule has 2 amide bonds. The number of ether oxygens (including phenoxy) is 1. The van der Waals surface area contributed by atoms with Gasteiger partial charge in [-0.2, -0.15) is 0 Å². The molecule has 1 aromatic rings. The predicted octanol–water partition coefficient (Wildman–Crippen LogP) is 1.56. The van der Waals surface area contributed by atoms with Crippen molar-refractivity contribution < 1.29 is 14.3 Å². The summed E-state index contributed by atoms with van der Waals surface area (Å²) in [5.74, 6) is 1.47. The Morgan fingerprint density at radius 1 is 1.19 bits per heavy atom. The monoisotopic (exact) mass is 357 g/mol. The maximum Gasteiger partial charge on any atom is 0.226 e. The summed E-state index contributed by atoms with van der Waals surface area (Å²) in [6.07, 6.45) is 5.20. The van der Waals surface area contributed by atoms with Crippen molar-refractivity contribution in [2.75, 3.05) is 32.8 Å². The first kappa shape index (κ1) is 17.5. The van der Waals surface area contributed by atoms with E-state index >= 15 is 0 Å². The van der Waals surface area contributed by atoms with E-state index in [4.69, 9.17) is 4.74 Å². The second-order valence-corrected chi connectivity index (χ2v) is 7.69. The molecule has 0 N–H and O–H groups in total. The first-order valence-electron chi connectivity index (χ1n) is 9.73. The normalized spacial score (nSPS) is 27.9. The molecule has 3 aliphatic rings. The lowest BCUT2D eigenvalue weighted by molar-refractivity contribution is -0.140. The van der Waals surface area contributed by atoms with Crippen LogP contribution in [0.2, 0.25) is 0 Å². The van der Waals surface area contributed by atoms with E-state index in [1.54, 1.807) is 12.4 Å². The Hall–Kier alpha value is -1.95. The van der Waals surface area contributed by atoms with E-state index in [9.17, 15) is 9.59 Å². The highest BCUT2D eigenvalue weighted by Crippen LogP contribution is 2.53. The summed E-state index contributed by atoms with van der Waals surface area (Å²) in [7, 11) is 0. The summed E-state index contributed by atoms with van der Waals surface area (Å²) in [5.41, 5.74) is 1.11. The zero-order chi connectivity index (χ0) is 18.1. The Morgan fingerprint density at radius 3 is 2.46 bits per heavy atom. The van der Waals surface area contributed by atoms with Crippen molar-refractivity contribution in [3.63, 3.8) is 0 Å². The van der Waals surface area contributed by atoms with Gasteiger partial charge >= 0.3 is 0 Å². The van der Waals surface area contributed by atoms with E-state index in [1.807, 2.05) is 28.9 Å². The van der Waals surface area contributed by atoms with Crippen LogP contribution in [0, 0.1) is 23.7 Å². The van der Waals surface area contributed by atoms with Gasteiger partial charge in [-0.05, 0) is 49.3 Å². The summed E-state index contributed by atoms with van der Waals surface area (Å²) in [6, 6.07) is 3.91. The Balaban J connectivity index is 1.31. The van der Waals surface area contributed by atoms with Crippen LogP contribution in [0.3, 0.4) is 0 Å². The van der Waals surface area contributed by atoms with Crippen LogP contribution in [0.15, 0.2) is 24.5 Å². The molecule has 0 radical (unpaired) electrons. The summed E-state index contributed by atoms with van der Waals surface area (Å²) in [5, 5.41) is 0. The third kappa shape index (κ3) is 3.34. The van der Waals surface area contributed by atoms with Gasteiger partial charge in [-0.15, -0.1) is 0 Å². The zero-order valence-corrected chi connectivity index (χ0v) is 15.3. The molecular weight excluding hydrogens is 330 g/mol. The molecule has 6 nitrogen and oxygen atoms in total. The summed E-state index contributed by atoms with van der Waals surface area (Å²) >= 11 is 0. The van der Waals surface area contributed by atoms with Gasteiger partial charge in [0.05, 0.1) is 0 Å². The lowest BCUT2D eigenvalue weighted by Gasteiger charge is -2.28. The van der Waals surface area contributed by atoms with E-state index in [0.717, 1.165) is 31.5 Å². The van der Waals surface area contributed by atoms with Crippen molar-refractivity contribution >= 4 is 11.8 Å². The Kier molecular flexibility index (Phi) is 4.94. The average molecular weight is 357 g/mol. The number of hydrogen-bond donors (Lipinski definition) is 0. The molecule has 0 spiro atoms. The Labute approximate surface area is 154 Å². The summed E-state index contributed by atoms with van der Waals surface area (Å²) in [4.78, 5) is 33.5. The molecule has 2 saturated heterocycles. The number of likely N-dealkylation sites (tertiary alicyclic amines) is 1. The first-order chi connectivity index (χ1) is 12.7. The fourth-order valence-corrected chi connectivity index (χ4v) is 4.54. The fraction of sp³-hybridized carbons (Fsp3) is 0.650. The third-order valence-electron chi connectivity index (χ3n) is 6.18. The molecule has 3 heterocycles. The van der Waals surface area contributed by atoms with Gasteiger partial charge in [0.25, 0.3) is 0 Å². The topological polar surface area (TPSA) is 62.7 Å². The number of hydrogen-bond acceptors (Lipinski definition) is 4. The predicted molar refractivity (Wildman–Crippen MR) is 95.9 cm³/mol. The first-order valence-corrected chi connectivity index (χ1v) is 9.73. The van der Waals surface area contributed by atoms with Crippen molar-refractivity contribution in [3.05, 3.63) is 30.1 Å². The Morgan fingerprint density at radius 2 is 1.85 bits per heavy atom. The Bertz CT molecular complexity index is 648. The smallest absolute Gasteiger partial charge is 0.226 e. The fourth-order valence-electron chi connectivity index (χ4n) is 4.54. The van der Waals surface area contributed by atoms with E-state index in [2.05, 4.69) is 4.98 Å². The van der Waals surface area contributed by atoms with E-state index in [1.165, 1.54) is 0 Å². The molecule has 0 unspecified atom stereocenters. The molecule has 0 aromatic carbocycles. The molecule has 4 rings (SSSR count). The van der Waals surface area contributed by atoms with Crippen LogP contribution in [0.25, 0.3) is 0 Å². The molecule has 1 aromatic heterocycles. The molecule has 0 bridgehead atoms. The number of piperidine rings is 1. The number of pyridine rings is 1. The van der Waals surface area contributed by atoms with Crippen LogP contribution in [-0.2, 0) is 20.9 Å². The van der Waals surface area contributed by atoms with Crippen LogP contribution in [0.5, 0.6) is 0 Å². The van der Waals surface area contributed by atoms with Crippen LogP contribution in [-0.4, -0.2) is 59.4 Å².